The Labute approximate surface area is 124 Å². The van der Waals surface area contributed by atoms with Gasteiger partial charge in [-0.1, -0.05) is 42.5 Å². The lowest BCUT2D eigenvalue weighted by molar-refractivity contribution is 0.0472. The van der Waals surface area contributed by atoms with Crippen LogP contribution in [0.4, 0.5) is 0 Å². The zero-order valence-corrected chi connectivity index (χ0v) is 12.5. The molecule has 0 fully saturated rings. The van der Waals surface area contributed by atoms with Crippen LogP contribution in [0.1, 0.15) is 21.5 Å². The maximum atomic E-state index is 12.0. The Morgan fingerprint density at radius 3 is 2.33 bits per heavy atom. The summed E-state index contributed by atoms with van der Waals surface area (Å²) in [6.45, 7) is 0.190. The second kappa shape index (κ2) is 6.54. The molecule has 0 N–H and O–H groups in total. The smallest absolute Gasteiger partial charge is 0.338 e. The van der Waals surface area contributed by atoms with Crippen LogP contribution in [-0.2, 0) is 26.9 Å². The molecule has 0 aliphatic heterocycles. The van der Waals surface area contributed by atoms with Crippen molar-refractivity contribution in [1.82, 2.24) is 0 Å². The summed E-state index contributed by atoms with van der Waals surface area (Å²) in [5, 5.41) is 0. The molecule has 5 heteroatoms. The maximum absolute atomic E-state index is 12.0. The van der Waals surface area contributed by atoms with Gasteiger partial charge in [-0.15, -0.1) is 0 Å². The number of benzene rings is 2. The minimum atomic E-state index is -3.13. The van der Waals surface area contributed by atoms with Crippen molar-refractivity contribution in [2.75, 3.05) is 6.26 Å². The highest BCUT2D eigenvalue weighted by Gasteiger charge is 2.10. The molecule has 0 spiro atoms. The number of ether oxygens (including phenoxy) is 1. The van der Waals surface area contributed by atoms with Gasteiger partial charge in [0, 0.05) is 6.26 Å². The number of esters is 1. The molecule has 0 saturated heterocycles. The number of hydrogen-bond acceptors (Lipinski definition) is 4. The molecule has 110 valence electrons. The largest absolute Gasteiger partial charge is 0.457 e. The van der Waals surface area contributed by atoms with E-state index in [4.69, 9.17) is 4.74 Å². The highest BCUT2D eigenvalue weighted by molar-refractivity contribution is 7.89. The highest BCUT2D eigenvalue weighted by Crippen LogP contribution is 2.11. The third-order valence-corrected chi connectivity index (χ3v) is 3.66. The van der Waals surface area contributed by atoms with Gasteiger partial charge in [0.2, 0.25) is 0 Å². The predicted octanol–water partition coefficient (Wildman–Crippen LogP) is 2.59. The molecular weight excluding hydrogens is 288 g/mol. The van der Waals surface area contributed by atoms with Crippen LogP contribution < -0.4 is 0 Å². The Balaban J connectivity index is 2.04. The van der Waals surface area contributed by atoms with Gasteiger partial charge >= 0.3 is 5.97 Å². The van der Waals surface area contributed by atoms with Crippen molar-refractivity contribution in [3.05, 3.63) is 71.3 Å². The van der Waals surface area contributed by atoms with E-state index < -0.39 is 15.8 Å². The van der Waals surface area contributed by atoms with Crippen LogP contribution in [0, 0.1) is 0 Å². The average Bonchev–Trinajstić information content (AvgIpc) is 2.44. The van der Waals surface area contributed by atoms with Crippen LogP contribution in [0.25, 0.3) is 0 Å². The number of hydrogen-bond donors (Lipinski definition) is 0. The van der Waals surface area contributed by atoms with Gasteiger partial charge in [-0.25, -0.2) is 13.2 Å². The summed E-state index contributed by atoms with van der Waals surface area (Å²) in [6.07, 6.45) is 1.16. The monoisotopic (exact) mass is 304 g/mol. The molecule has 2 aromatic rings. The molecule has 21 heavy (non-hydrogen) atoms. The molecule has 0 unspecified atom stereocenters. The second-order valence-corrected chi connectivity index (χ2v) is 6.97. The first-order chi connectivity index (χ1) is 9.94. The van der Waals surface area contributed by atoms with Crippen LogP contribution in [0.5, 0.6) is 0 Å². The molecule has 0 radical (unpaired) electrons. The van der Waals surface area contributed by atoms with E-state index >= 15 is 0 Å². The molecule has 4 nitrogen and oxygen atoms in total. The summed E-state index contributed by atoms with van der Waals surface area (Å²) in [4.78, 5) is 12.0. The number of carbonyl (C=O) groups is 1. The quantitative estimate of drug-likeness (QED) is 0.797. The lowest BCUT2D eigenvalue weighted by Gasteiger charge is -2.06. The Hall–Kier alpha value is -2.14. The van der Waals surface area contributed by atoms with E-state index in [-0.39, 0.29) is 12.4 Å². The fraction of sp³-hybridized carbons (Fsp3) is 0.188. The standard InChI is InChI=1S/C16H16O4S/c1-21(18,19)12-14-8-5-9-15(10-14)16(17)20-11-13-6-3-2-4-7-13/h2-10H,11-12H2,1H3. The van der Waals surface area contributed by atoms with Crippen LogP contribution in [-0.4, -0.2) is 20.6 Å². The van der Waals surface area contributed by atoms with Crippen molar-refractivity contribution in [1.29, 1.82) is 0 Å². The maximum Gasteiger partial charge on any atom is 0.338 e. The fourth-order valence-electron chi connectivity index (χ4n) is 1.90. The van der Waals surface area contributed by atoms with Crippen molar-refractivity contribution in [3.63, 3.8) is 0 Å². The summed E-state index contributed by atoms with van der Waals surface area (Å²) >= 11 is 0. The van der Waals surface area contributed by atoms with E-state index in [1.54, 1.807) is 24.3 Å². The number of rotatable bonds is 5. The van der Waals surface area contributed by atoms with Gasteiger partial charge in [0.05, 0.1) is 11.3 Å². The first-order valence-electron chi connectivity index (χ1n) is 6.42. The summed E-state index contributed by atoms with van der Waals surface area (Å²) in [5.74, 6) is -0.554. The van der Waals surface area contributed by atoms with Gasteiger partial charge in [-0.05, 0) is 23.3 Å². The van der Waals surface area contributed by atoms with Crippen molar-refractivity contribution in [3.8, 4) is 0 Å². The number of carbonyl (C=O) groups excluding carboxylic acids is 1. The van der Waals surface area contributed by atoms with Gasteiger partial charge < -0.3 is 4.74 Å². The van der Waals surface area contributed by atoms with E-state index in [9.17, 15) is 13.2 Å². The predicted molar refractivity (Wildman–Crippen MR) is 80.6 cm³/mol. The second-order valence-electron chi connectivity index (χ2n) is 4.83. The molecule has 2 aromatic carbocycles. The van der Waals surface area contributed by atoms with E-state index in [1.807, 2.05) is 30.3 Å². The van der Waals surface area contributed by atoms with Crippen LogP contribution in [0.15, 0.2) is 54.6 Å². The number of sulfone groups is 1. The van der Waals surface area contributed by atoms with Crippen molar-refractivity contribution in [2.45, 2.75) is 12.4 Å². The van der Waals surface area contributed by atoms with Crippen LogP contribution >= 0.6 is 0 Å². The lowest BCUT2D eigenvalue weighted by atomic mass is 10.1. The van der Waals surface area contributed by atoms with Crippen LogP contribution in [0.2, 0.25) is 0 Å². The van der Waals surface area contributed by atoms with Gasteiger partial charge in [0.25, 0.3) is 0 Å². The first kappa shape index (κ1) is 15.3. The zero-order chi connectivity index (χ0) is 15.3. The van der Waals surface area contributed by atoms with E-state index in [2.05, 4.69) is 0 Å². The molecule has 0 amide bonds. The SMILES string of the molecule is CS(=O)(=O)Cc1cccc(C(=O)OCc2ccccc2)c1. The van der Waals surface area contributed by atoms with Crippen molar-refractivity contribution >= 4 is 15.8 Å². The molecule has 0 saturated carbocycles. The van der Waals surface area contributed by atoms with E-state index in [0.717, 1.165) is 11.8 Å². The summed E-state index contributed by atoms with van der Waals surface area (Å²) < 4.78 is 27.8. The topological polar surface area (TPSA) is 60.4 Å². The molecule has 0 aliphatic carbocycles. The third kappa shape index (κ3) is 5.04. The van der Waals surface area contributed by atoms with Gasteiger partial charge in [0.15, 0.2) is 9.84 Å². The van der Waals surface area contributed by atoms with Gasteiger partial charge in [-0.3, -0.25) is 0 Å². The average molecular weight is 304 g/mol. The first-order valence-corrected chi connectivity index (χ1v) is 8.48. The lowest BCUT2D eigenvalue weighted by Crippen LogP contribution is -2.07. The molecule has 2 rings (SSSR count). The Morgan fingerprint density at radius 1 is 1.00 bits per heavy atom. The fourth-order valence-corrected chi connectivity index (χ4v) is 2.68. The summed E-state index contributed by atoms with van der Waals surface area (Å²) in [6, 6.07) is 15.9. The molecular formula is C16H16O4S. The molecule has 0 aromatic heterocycles. The Bertz CT molecular complexity index is 721. The van der Waals surface area contributed by atoms with E-state index in [0.29, 0.717) is 11.1 Å². The zero-order valence-electron chi connectivity index (χ0n) is 11.7. The summed E-state index contributed by atoms with van der Waals surface area (Å²) in [5.41, 5.74) is 1.83. The Morgan fingerprint density at radius 2 is 1.67 bits per heavy atom. The minimum absolute atomic E-state index is 0.0905. The Kier molecular flexibility index (Phi) is 4.75. The molecule has 0 heterocycles. The van der Waals surface area contributed by atoms with Gasteiger partial charge in [-0.2, -0.15) is 0 Å². The molecule has 0 aliphatic rings. The molecule has 0 atom stereocenters. The normalized spacial score (nSPS) is 11.1. The van der Waals surface area contributed by atoms with Crippen molar-refractivity contribution in [2.24, 2.45) is 0 Å². The third-order valence-electron chi connectivity index (χ3n) is 2.80. The summed E-state index contributed by atoms with van der Waals surface area (Å²) in [7, 11) is -3.13. The van der Waals surface area contributed by atoms with Crippen LogP contribution in [0.3, 0.4) is 0 Å². The van der Waals surface area contributed by atoms with Gasteiger partial charge in [0.1, 0.15) is 6.61 Å². The highest BCUT2D eigenvalue weighted by atomic mass is 32.2. The van der Waals surface area contributed by atoms with E-state index in [1.165, 1.54) is 0 Å². The molecule has 0 bridgehead atoms. The van der Waals surface area contributed by atoms with Crippen molar-refractivity contribution < 1.29 is 17.9 Å². The minimum Gasteiger partial charge on any atom is -0.457 e.